The molecule has 0 aliphatic rings. The molecule has 2 heterocycles. The smallest absolute Gasteiger partial charge is 0.226 e. The second-order valence-corrected chi connectivity index (χ2v) is 7.85. The van der Waals surface area contributed by atoms with Crippen molar-refractivity contribution in [2.75, 3.05) is 0 Å². The van der Waals surface area contributed by atoms with E-state index in [0.29, 0.717) is 11.6 Å². The Bertz CT molecular complexity index is 1580. The molecule has 0 aliphatic heterocycles. The summed E-state index contributed by atoms with van der Waals surface area (Å²) >= 11 is 6.22. The van der Waals surface area contributed by atoms with E-state index in [-0.39, 0.29) is 5.28 Å². The van der Waals surface area contributed by atoms with Crippen molar-refractivity contribution in [1.29, 1.82) is 0 Å². The largest absolute Gasteiger partial charge is 0.456 e. The summed E-state index contributed by atoms with van der Waals surface area (Å²) in [6, 6.07) is 32.3. The summed E-state index contributed by atoms with van der Waals surface area (Å²) in [6.07, 6.45) is 0. The van der Waals surface area contributed by atoms with Gasteiger partial charge in [-0.05, 0) is 47.0 Å². The summed E-state index contributed by atoms with van der Waals surface area (Å²) in [6.45, 7) is 0. The molecule has 2 aromatic heterocycles. The van der Waals surface area contributed by atoms with Crippen molar-refractivity contribution in [3.63, 3.8) is 0 Å². The van der Waals surface area contributed by atoms with Crippen molar-refractivity contribution in [3.05, 3.63) is 102 Å². The van der Waals surface area contributed by atoms with Crippen molar-refractivity contribution in [1.82, 2.24) is 15.0 Å². The normalized spacial score (nSPS) is 11.3. The van der Waals surface area contributed by atoms with E-state index in [1.807, 2.05) is 72.8 Å². The molecule has 6 rings (SSSR count). The molecular weight excluding hydrogens is 418 g/mol. The third-order valence-corrected chi connectivity index (χ3v) is 5.65. The number of hydrogen-bond acceptors (Lipinski definition) is 4. The second kappa shape index (κ2) is 7.59. The number of fused-ring (bicyclic) bond motifs is 3. The fourth-order valence-corrected chi connectivity index (χ4v) is 4.08. The van der Waals surface area contributed by atoms with Crippen molar-refractivity contribution in [2.24, 2.45) is 0 Å². The molecular formula is C27H16ClN3O. The number of rotatable bonds is 3. The van der Waals surface area contributed by atoms with Crippen LogP contribution in [0, 0.1) is 0 Å². The predicted octanol–water partition coefficient (Wildman–Crippen LogP) is 7.43. The molecule has 0 saturated carbocycles. The Morgan fingerprint density at radius 1 is 0.500 bits per heavy atom. The highest BCUT2D eigenvalue weighted by Gasteiger charge is 2.13. The molecule has 152 valence electrons. The summed E-state index contributed by atoms with van der Waals surface area (Å²) in [5, 5.41) is 2.28. The average Bonchev–Trinajstić information content (AvgIpc) is 3.22. The van der Waals surface area contributed by atoms with Crippen LogP contribution in [0.25, 0.3) is 55.8 Å². The van der Waals surface area contributed by atoms with E-state index in [4.69, 9.17) is 16.0 Å². The van der Waals surface area contributed by atoms with Gasteiger partial charge in [-0.15, -0.1) is 0 Å². The topological polar surface area (TPSA) is 51.8 Å². The molecule has 0 bridgehead atoms. The van der Waals surface area contributed by atoms with Gasteiger partial charge in [-0.2, -0.15) is 9.97 Å². The monoisotopic (exact) mass is 433 g/mol. The zero-order valence-corrected chi connectivity index (χ0v) is 17.6. The maximum atomic E-state index is 6.22. The second-order valence-electron chi connectivity index (χ2n) is 7.51. The standard InChI is InChI=1S/C27H16ClN3O/c28-27-30-25(18-9-5-2-6-10-18)29-26(31-27)20-11-13-21-22-15-19(17-7-3-1-4-8-17)12-14-23(22)32-24(21)16-20/h1-16H. The molecule has 4 aromatic carbocycles. The highest BCUT2D eigenvalue weighted by Crippen LogP contribution is 2.34. The van der Waals surface area contributed by atoms with Crippen molar-refractivity contribution >= 4 is 33.5 Å². The number of hydrogen-bond donors (Lipinski definition) is 0. The van der Waals surface area contributed by atoms with Gasteiger partial charge in [0.15, 0.2) is 11.6 Å². The maximum Gasteiger partial charge on any atom is 0.226 e. The van der Waals surface area contributed by atoms with Crippen molar-refractivity contribution < 1.29 is 4.42 Å². The summed E-state index contributed by atoms with van der Waals surface area (Å²) in [4.78, 5) is 13.3. The minimum atomic E-state index is 0.158. The first-order valence-electron chi connectivity index (χ1n) is 10.2. The lowest BCUT2D eigenvalue weighted by Gasteiger charge is -2.05. The molecule has 0 radical (unpaired) electrons. The Kier molecular flexibility index (Phi) is 4.44. The molecule has 0 atom stereocenters. The lowest BCUT2D eigenvalue weighted by Crippen LogP contribution is -1.97. The van der Waals surface area contributed by atoms with Crippen LogP contribution < -0.4 is 0 Å². The van der Waals surface area contributed by atoms with Gasteiger partial charge in [-0.25, -0.2) is 4.98 Å². The van der Waals surface area contributed by atoms with E-state index in [0.717, 1.165) is 38.6 Å². The first-order valence-corrected chi connectivity index (χ1v) is 10.6. The van der Waals surface area contributed by atoms with Gasteiger partial charge in [0.25, 0.3) is 0 Å². The van der Waals surface area contributed by atoms with Crippen LogP contribution in [0.15, 0.2) is 101 Å². The molecule has 0 fully saturated rings. The van der Waals surface area contributed by atoms with E-state index >= 15 is 0 Å². The molecule has 0 saturated heterocycles. The Labute approximate surface area is 189 Å². The van der Waals surface area contributed by atoms with Gasteiger partial charge in [0.05, 0.1) is 0 Å². The van der Waals surface area contributed by atoms with Crippen molar-refractivity contribution in [3.8, 4) is 33.9 Å². The fourth-order valence-electron chi connectivity index (χ4n) is 3.92. The van der Waals surface area contributed by atoms with Crippen LogP contribution >= 0.6 is 11.6 Å². The Hall–Kier alpha value is -4.02. The van der Waals surface area contributed by atoms with Crippen LogP contribution in [0.2, 0.25) is 5.28 Å². The zero-order valence-electron chi connectivity index (χ0n) is 16.9. The molecule has 5 heteroatoms. The van der Waals surface area contributed by atoms with E-state index in [2.05, 4.69) is 39.2 Å². The lowest BCUT2D eigenvalue weighted by atomic mass is 10.0. The van der Waals surface area contributed by atoms with Gasteiger partial charge < -0.3 is 4.42 Å². The minimum Gasteiger partial charge on any atom is -0.456 e. The highest BCUT2D eigenvalue weighted by molar-refractivity contribution is 6.28. The number of halogens is 1. The quantitative estimate of drug-likeness (QED) is 0.291. The van der Waals surface area contributed by atoms with Crippen molar-refractivity contribution in [2.45, 2.75) is 0 Å². The summed E-state index contributed by atoms with van der Waals surface area (Å²) in [5.41, 5.74) is 5.66. The van der Waals surface area contributed by atoms with Crippen LogP contribution in [0.3, 0.4) is 0 Å². The number of nitrogens with zero attached hydrogens (tertiary/aromatic N) is 3. The molecule has 0 unspecified atom stereocenters. The summed E-state index contributed by atoms with van der Waals surface area (Å²) in [5.74, 6) is 1.05. The van der Waals surface area contributed by atoms with Crippen LogP contribution in [0.5, 0.6) is 0 Å². The predicted molar refractivity (Wildman–Crippen MR) is 128 cm³/mol. The van der Waals surface area contributed by atoms with Gasteiger partial charge in [0.1, 0.15) is 11.2 Å². The molecule has 6 aromatic rings. The molecule has 4 nitrogen and oxygen atoms in total. The molecule has 0 aliphatic carbocycles. The molecule has 0 amide bonds. The fraction of sp³-hybridized carbons (Fsp3) is 0. The third kappa shape index (κ3) is 3.31. The summed E-state index contributed by atoms with van der Waals surface area (Å²) < 4.78 is 6.15. The van der Waals surface area contributed by atoms with Gasteiger partial charge in [0.2, 0.25) is 5.28 Å². The van der Waals surface area contributed by atoms with Gasteiger partial charge in [-0.1, -0.05) is 72.8 Å². The average molecular weight is 434 g/mol. The Balaban J connectivity index is 1.46. The number of furan rings is 1. The molecule has 0 spiro atoms. The lowest BCUT2D eigenvalue weighted by molar-refractivity contribution is 0.669. The zero-order chi connectivity index (χ0) is 21.5. The van der Waals surface area contributed by atoms with Crippen LogP contribution in [-0.4, -0.2) is 15.0 Å². The van der Waals surface area contributed by atoms with E-state index in [9.17, 15) is 0 Å². The highest BCUT2D eigenvalue weighted by atomic mass is 35.5. The Morgan fingerprint density at radius 3 is 1.91 bits per heavy atom. The SMILES string of the molecule is Clc1nc(-c2ccccc2)nc(-c2ccc3c(c2)oc2ccc(-c4ccccc4)cc23)n1. The van der Waals surface area contributed by atoms with E-state index < -0.39 is 0 Å². The van der Waals surface area contributed by atoms with Crippen LogP contribution in [0.4, 0.5) is 0 Å². The Morgan fingerprint density at radius 2 is 1.16 bits per heavy atom. The van der Waals surface area contributed by atoms with Gasteiger partial charge in [0, 0.05) is 21.9 Å². The first kappa shape index (κ1) is 18.7. The van der Waals surface area contributed by atoms with E-state index in [1.165, 1.54) is 5.56 Å². The van der Waals surface area contributed by atoms with Gasteiger partial charge >= 0.3 is 0 Å². The molecule has 0 N–H and O–H groups in total. The summed E-state index contributed by atoms with van der Waals surface area (Å²) in [7, 11) is 0. The number of aromatic nitrogens is 3. The van der Waals surface area contributed by atoms with E-state index in [1.54, 1.807) is 0 Å². The first-order chi connectivity index (χ1) is 15.7. The maximum absolute atomic E-state index is 6.22. The van der Waals surface area contributed by atoms with Crippen LogP contribution in [0.1, 0.15) is 0 Å². The van der Waals surface area contributed by atoms with Gasteiger partial charge in [-0.3, -0.25) is 0 Å². The number of benzene rings is 4. The van der Waals surface area contributed by atoms with Crippen LogP contribution in [-0.2, 0) is 0 Å². The third-order valence-electron chi connectivity index (χ3n) is 5.48. The minimum absolute atomic E-state index is 0.158. The molecule has 32 heavy (non-hydrogen) atoms.